The number of anilines is 2. The van der Waals surface area contributed by atoms with E-state index in [9.17, 15) is 0 Å². The Bertz CT molecular complexity index is 561. The summed E-state index contributed by atoms with van der Waals surface area (Å²) in [6.45, 7) is 0. The minimum Gasteiger partial charge on any atom is -0.329 e. The van der Waals surface area contributed by atoms with Crippen molar-refractivity contribution in [3.05, 3.63) is 32.2 Å². The largest absolute Gasteiger partial charge is 0.329 e. The summed E-state index contributed by atoms with van der Waals surface area (Å²) in [6.07, 6.45) is 0. The van der Waals surface area contributed by atoms with Crippen molar-refractivity contribution in [3.8, 4) is 6.07 Å². The Hall–Kier alpha value is -0.970. The summed E-state index contributed by atoms with van der Waals surface area (Å²) in [6, 6.07) is 7.38. The first-order valence-electron chi connectivity index (χ1n) is 4.15. The van der Waals surface area contributed by atoms with E-state index in [1.54, 1.807) is 12.1 Å². The zero-order chi connectivity index (χ0) is 11.5. The molecular formula is C9H4Br2N4S. The lowest BCUT2D eigenvalue weighted by Crippen LogP contribution is -1.91. The average molecular weight is 360 g/mol. The molecule has 80 valence electrons. The van der Waals surface area contributed by atoms with Crippen LogP contribution in [0.15, 0.2) is 26.6 Å². The van der Waals surface area contributed by atoms with Gasteiger partial charge in [0.15, 0.2) is 3.92 Å². The molecule has 2 aromatic rings. The quantitative estimate of drug-likeness (QED) is 0.888. The molecule has 1 aromatic carbocycles. The van der Waals surface area contributed by atoms with Crippen LogP contribution < -0.4 is 5.32 Å². The molecule has 0 aliphatic heterocycles. The third-order valence-corrected chi connectivity index (χ3v) is 3.67. The van der Waals surface area contributed by atoms with Crippen LogP contribution in [-0.4, -0.2) is 10.2 Å². The first kappa shape index (κ1) is 11.5. The van der Waals surface area contributed by atoms with E-state index in [-0.39, 0.29) is 0 Å². The molecule has 1 heterocycles. The highest BCUT2D eigenvalue weighted by atomic mass is 79.9. The first-order valence-corrected chi connectivity index (χ1v) is 6.55. The number of nitrogens with one attached hydrogen (secondary N) is 1. The van der Waals surface area contributed by atoms with Gasteiger partial charge in [-0.15, -0.1) is 10.2 Å². The van der Waals surface area contributed by atoms with E-state index in [4.69, 9.17) is 5.26 Å². The van der Waals surface area contributed by atoms with Crippen molar-refractivity contribution in [1.82, 2.24) is 10.2 Å². The highest BCUT2D eigenvalue weighted by Gasteiger charge is 2.05. The number of benzene rings is 1. The summed E-state index contributed by atoms with van der Waals surface area (Å²) in [7, 11) is 0. The van der Waals surface area contributed by atoms with Crippen LogP contribution in [0.1, 0.15) is 5.56 Å². The lowest BCUT2D eigenvalue weighted by atomic mass is 10.2. The molecule has 0 unspecified atom stereocenters. The van der Waals surface area contributed by atoms with Crippen LogP contribution in [0.4, 0.5) is 10.8 Å². The van der Waals surface area contributed by atoms with Gasteiger partial charge < -0.3 is 5.32 Å². The van der Waals surface area contributed by atoms with Crippen molar-refractivity contribution in [1.29, 1.82) is 5.26 Å². The molecule has 0 spiro atoms. The van der Waals surface area contributed by atoms with Gasteiger partial charge in [0.05, 0.1) is 17.3 Å². The van der Waals surface area contributed by atoms with Gasteiger partial charge in [-0.05, 0) is 50.1 Å². The van der Waals surface area contributed by atoms with Crippen molar-refractivity contribution < 1.29 is 0 Å². The van der Waals surface area contributed by atoms with Crippen LogP contribution in [0.5, 0.6) is 0 Å². The molecule has 0 saturated heterocycles. The SMILES string of the molecule is N#Cc1ccc(Nc2nnc(Br)s2)c(Br)c1. The highest BCUT2D eigenvalue weighted by Crippen LogP contribution is 2.29. The van der Waals surface area contributed by atoms with Gasteiger partial charge in [0, 0.05) is 4.47 Å². The Kier molecular flexibility index (Phi) is 3.53. The number of hydrogen-bond acceptors (Lipinski definition) is 5. The molecule has 1 N–H and O–H groups in total. The highest BCUT2D eigenvalue weighted by molar-refractivity contribution is 9.11. The lowest BCUT2D eigenvalue weighted by Gasteiger charge is -2.04. The number of aromatic nitrogens is 2. The second-order valence-electron chi connectivity index (χ2n) is 2.79. The van der Waals surface area contributed by atoms with Crippen LogP contribution in [0, 0.1) is 11.3 Å². The summed E-state index contributed by atoms with van der Waals surface area (Å²) < 4.78 is 1.54. The number of nitrogens with zero attached hydrogens (tertiary/aromatic N) is 3. The van der Waals surface area contributed by atoms with Crippen LogP contribution in [0.25, 0.3) is 0 Å². The molecule has 16 heavy (non-hydrogen) atoms. The zero-order valence-electron chi connectivity index (χ0n) is 7.74. The van der Waals surface area contributed by atoms with Gasteiger partial charge in [0.1, 0.15) is 0 Å². The molecule has 0 fully saturated rings. The fraction of sp³-hybridized carbons (Fsp3) is 0. The van der Waals surface area contributed by atoms with Crippen LogP contribution in [0.2, 0.25) is 0 Å². The molecule has 0 amide bonds. The van der Waals surface area contributed by atoms with Gasteiger partial charge in [-0.3, -0.25) is 0 Å². The van der Waals surface area contributed by atoms with Crippen molar-refractivity contribution in [3.63, 3.8) is 0 Å². The average Bonchev–Trinajstić information content (AvgIpc) is 2.67. The number of nitriles is 1. The van der Waals surface area contributed by atoms with E-state index in [0.29, 0.717) is 10.7 Å². The van der Waals surface area contributed by atoms with E-state index in [0.717, 1.165) is 14.1 Å². The predicted molar refractivity (Wildman–Crippen MR) is 69.7 cm³/mol. The number of rotatable bonds is 2. The van der Waals surface area contributed by atoms with Gasteiger partial charge in [0.25, 0.3) is 0 Å². The molecule has 0 atom stereocenters. The Labute approximate surface area is 113 Å². The van der Waals surface area contributed by atoms with Gasteiger partial charge in [0.2, 0.25) is 5.13 Å². The fourth-order valence-corrected chi connectivity index (χ4v) is 2.56. The Morgan fingerprint density at radius 3 is 2.69 bits per heavy atom. The summed E-state index contributed by atoms with van der Waals surface area (Å²) in [5.74, 6) is 0. The van der Waals surface area contributed by atoms with Gasteiger partial charge in [-0.25, -0.2) is 0 Å². The topological polar surface area (TPSA) is 61.6 Å². The Morgan fingerprint density at radius 1 is 1.31 bits per heavy atom. The van der Waals surface area contributed by atoms with E-state index in [1.165, 1.54) is 11.3 Å². The monoisotopic (exact) mass is 358 g/mol. The van der Waals surface area contributed by atoms with E-state index in [2.05, 4.69) is 53.4 Å². The Balaban J connectivity index is 2.26. The molecule has 2 rings (SSSR count). The van der Waals surface area contributed by atoms with Crippen LogP contribution >= 0.6 is 43.2 Å². The van der Waals surface area contributed by atoms with Crippen molar-refractivity contribution in [2.24, 2.45) is 0 Å². The van der Waals surface area contributed by atoms with Gasteiger partial charge in [-0.2, -0.15) is 5.26 Å². The van der Waals surface area contributed by atoms with E-state index >= 15 is 0 Å². The normalized spacial score (nSPS) is 9.81. The molecule has 0 bridgehead atoms. The summed E-state index contributed by atoms with van der Waals surface area (Å²) in [5.41, 5.74) is 1.46. The second kappa shape index (κ2) is 4.91. The fourth-order valence-electron chi connectivity index (χ4n) is 1.06. The van der Waals surface area contributed by atoms with Crippen molar-refractivity contribution in [2.75, 3.05) is 5.32 Å². The molecule has 0 radical (unpaired) electrons. The maximum absolute atomic E-state index is 8.73. The predicted octanol–water partition coefficient (Wildman–Crippen LogP) is 3.68. The van der Waals surface area contributed by atoms with E-state index in [1.807, 2.05) is 6.07 Å². The minimum absolute atomic E-state index is 0.607. The second-order valence-corrected chi connectivity index (χ2v) is 5.90. The minimum atomic E-state index is 0.607. The van der Waals surface area contributed by atoms with Crippen LogP contribution in [-0.2, 0) is 0 Å². The zero-order valence-corrected chi connectivity index (χ0v) is 11.7. The smallest absolute Gasteiger partial charge is 0.210 e. The standard InChI is InChI=1S/C9H4Br2N4S/c10-6-3-5(4-12)1-2-7(6)13-9-15-14-8(11)16-9/h1-3H,(H,13,15). The molecule has 0 saturated carbocycles. The van der Waals surface area contributed by atoms with Crippen molar-refractivity contribution >= 4 is 54.0 Å². The van der Waals surface area contributed by atoms with Gasteiger partial charge >= 0.3 is 0 Å². The maximum atomic E-state index is 8.73. The molecule has 7 heteroatoms. The first-order chi connectivity index (χ1) is 7.69. The Morgan fingerprint density at radius 2 is 2.12 bits per heavy atom. The molecule has 1 aromatic heterocycles. The van der Waals surface area contributed by atoms with Crippen molar-refractivity contribution in [2.45, 2.75) is 0 Å². The lowest BCUT2D eigenvalue weighted by molar-refractivity contribution is 1.07. The number of halogens is 2. The number of hydrogen-bond donors (Lipinski definition) is 1. The van der Waals surface area contributed by atoms with Crippen LogP contribution in [0.3, 0.4) is 0 Å². The van der Waals surface area contributed by atoms with Gasteiger partial charge in [-0.1, -0.05) is 11.3 Å². The molecular weight excluding hydrogens is 356 g/mol. The maximum Gasteiger partial charge on any atom is 0.210 e. The summed E-state index contributed by atoms with van der Waals surface area (Å²) >= 11 is 8.02. The molecule has 0 aliphatic rings. The van der Waals surface area contributed by atoms with E-state index < -0.39 is 0 Å². The molecule has 4 nitrogen and oxygen atoms in total. The third kappa shape index (κ3) is 2.58. The summed E-state index contributed by atoms with van der Waals surface area (Å²) in [4.78, 5) is 0. The third-order valence-electron chi connectivity index (χ3n) is 1.74. The summed E-state index contributed by atoms with van der Waals surface area (Å²) in [5, 5.41) is 20.3. The molecule has 0 aliphatic carbocycles.